The number of carbonyl (C=O) groups is 1. The minimum Gasteiger partial charge on any atom is -0.359 e. The summed E-state index contributed by atoms with van der Waals surface area (Å²) in [5.74, 6) is 0.554. The molecule has 116 valence electrons. The average molecular weight is 289 g/mol. The van der Waals surface area contributed by atoms with Crippen molar-refractivity contribution in [1.82, 2.24) is 5.32 Å². The molecule has 2 rings (SSSR count). The van der Waals surface area contributed by atoms with Crippen LogP contribution in [-0.4, -0.2) is 24.5 Å². The zero-order chi connectivity index (χ0) is 15.4. The second-order valence-electron chi connectivity index (χ2n) is 6.33. The molecule has 1 amide bonds. The first-order chi connectivity index (χ1) is 10.0. The Kier molecular flexibility index (Phi) is 5.23. The Morgan fingerprint density at radius 3 is 2.38 bits per heavy atom. The molecule has 0 spiro atoms. The standard InChI is InChI=1S/C17H27N3O/c1-12(2)13(3)19-17(21)11-20(16-8-9-16)15-6-4-14(10-18)5-7-15/h4-7,12-13,16H,8-11,18H2,1-3H3,(H,19,21). The number of carbonyl (C=O) groups excluding carboxylic acids is 1. The molecule has 1 saturated carbocycles. The summed E-state index contributed by atoms with van der Waals surface area (Å²) in [6, 6.07) is 8.94. The quantitative estimate of drug-likeness (QED) is 0.809. The van der Waals surface area contributed by atoms with Crippen LogP contribution in [0.5, 0.6) is 0 Å². The third-order valence-electron chi connectivity index (χ3n) is 4.19. The van der Waals surface area contributed by atoms with E-state index in [0.29, 0.717) is 25.0 Å². The molecule has 1 fully saturated rings. The second-order valence-corrected chi connectivity index (χ2v) is 6.33. The van der Waals surface area contributed by atoms with E-state index < -0.39 is 0 Å². The summed E-state index contributed by atoms with van der Waals surface area (Å²) < 4.78 is 0. The van der Waals surface area contributed by atoms with Crippen molar-refractivity contribution in [3.63, 3.8) is 0 Å². The molecule has 1 aromatic rings. The number of nitrogens with zero attached hydrogens (tertiary/aromatic N) is 1. The summed E-state index contributed by atoms with van der Waals surface area (Å²) in [6.45, 7) is 7.28. The molecule has 1 atom stereocenters. The molecule has 0 radical (unpaired) electrons. The average Bonchev–Trinajstić information content (AvgIpc) is 3.29. The van der Waals surface area contributed by atoms with Crippen molar-refractivity contribution in [2.75, 3.05) is 11.4 Å². The van der Waals surface area contributed by atoms with E-state index in [-0.39, 0.29) is 11.9 Å². The van der Waals surface area contributed by atoms with E-state index in [1.165, 1.54) is 12.8 Å². The van der Waals surface area contributed by atoms with Crippen LogP contribution in [0, 0.1) is 5.92 Å². The van der Waals surface area contributed by atoms with Crippen molar-refractivity contribution in [2.24, 2.45) is 11.7 Å². The van der Waals surface area contributed by atoms with Crippen LogP contribution in [0.25, 0.3) is 0 Å². The highest BCUT2D eigenvalue weighted by Gasteiger charge is 2.30. The van der Waals surface area contributed by atoms with Gasteiger partial charge in [0.1, 0.15) is 0 Å². The maximum Gasteiger partial charge on any atom is 0.239 e. The summed E-state index contributed by atoms with van der Waals surface area (Å²) in [4.78, 5) is 14.4. The number of anilines is 1. The Morgan fingerprint density at radius 1 is 1.29 bits per heavy atom. The lowest BCUT2D eigenvalue weighted by Crippen LogP contribution is -2.43. The van der Waals surface area contributed by atoms with E-state index in [2.05, 4.69) is 43.1 Å². The number of hydrogen-bond acceptors (Lipinski definition) is 3. The van der Waals surface area contributed by atoms with Gasteiger partial charge in [0.05, 0.1) is 6.54 Å². The summed E-state index contributed by atoms with van der Waals surface area (Å²) in [6.07, 6.45) is 2.34. The van der Waals surface area contributed by atoms with Crippen LogP contribution in [0.3, 0.4) is 0 Å². The molecule has 1 aliphatic rings. The number of nitrogens with two attached hydrogens (primary N) is 1. The van der Waals surface area contributed by atoms with E-state index in [1.54, 1.807) is 0 Å². The van der Waals surface area contributed by atoms with Crippen molar-refractivity contribution < 1.29 is 4.79 Å². The molecule has 1 unspecified atom stereocenters. The summed E-state index contributed by atoms with van der Waals surface area (Å²) in [5, 5.41) is 3.08. The van der Waals surface area contributed by atoms with E-state index in [9.17, 15) is 4.79 Å². The maximum absolute atomic E-state index is 12.2. The molecule has 3 N–H and O–H groups in total. The van der Waals surface area contributed by atoms with Crippen LogP contribution in [-0.2, 0) is 11.3 Å². The van der Waals surface area contributed by atoms with Gasteiger partial charge in [0.25, 0.3) is 0 Å². The summed E-state index contributed by atoms with van der Waals surface area (Å²) >= 11 is 0. The van der Waals surface area contributed by atoms with Crippen molar-refractivity contribution >= 4 is 11.6 Å². The monoisotopic (exact) mass is 289 g/mol. The van der Waals surface area contributed by atoms with Crippen LogP contribution < -0.4 is 16.0 Å². The number of benzene rings is 1. The molecular formula is C17H27N3O. The Balaban J connectivity index is 2.00. The number of rotatable bonds is 7. The molecule has 0 heterocycles. The predicted octanol–water partition coefficient (Wildman–Crippen LogP) is 2.27. The first kappa shape index (κ1) is 15.8. The first-order valence-electron chi connectivity index (χ1n) is 7.86. The molecule has 4 heteroatoms. The third-order valence-corrected chi connectivity index (χ3v) is 4.19. The van der Waals surface area contributed by atoms with Crippen LogP contribution in [0.15, 0.2) is 24.3 Å². The Bertz CT molecular complexity index is 465. The molecule has 4 nitrogen and oxygen atoms in total. The molecule has 1 aromatic carbocycles. The Hall–Kier alpha value is -1.55. The molecule has 0 bridgehead atoms. The lowest BCUT2D eigenvalue weighted by atomic mass is 10.1. The zero-order valence-electron chi connectivity index (χ0n) is 13.3. The fraction of sp³-hybridized carbons (Fsp3) is 0.588. The number of nitrogens with one attached hydrogen (secondary N) is 1. The van der Waals surface area contributed by atoms with E-state index in [4.69, 9.17) is 5.73 Å². The van der Waals surface area contributed by atoms with Crippen molar-refractivity contribution in [3.05, 3.63) is 29.8 Å². The summed E-state index contributed by atoms with van der Waals surface area (Å²) in [7, 11) is 0. The van der Waals surface area contributed by atoms with E-state index in [1.807, 2.05) is 12.1 Å². The van der Waals surface area contributed by atoms with Crippen molar-refractivity contribution in [2.45, 2.75) is 52.2 Å². The lowest BCUT2D eigenvalue weighted by Gasteiger charge is -2.26. The van der Waals surface area contributed by atoms with Gasteiger partial charge >= 0.3 is 0 Å². The van der Waals surface area contributed by atoms with Crippen molar-refractivity contribution in [3.8, 4) is 0 Å². The minimum absolute atomic E-state index is 0.103. The number of amides is 1. The van der Waals surface area contributed by atoms with Gasteiger partial charge in [-0.05, 0) is 43.4 Å². The highest BCUT2D eigenvalue weighted by atomic mass is 16.2. The normalized spacial score (nSPS) is 15.9. The van der Waals surface area contributed by atoms with Gasteiger partial charge in [0.2, 0.25) is 5.91 Å². The molecule has 21 heavy (non-hydrogen) atoms. The largest absolute Gasteiger partial charge is 0.359 e. The smallest absolute Gasteiger partial charge is 0.239 e. The summed E-state index contributed by atoms with van der Waals surface area (Å²) in [5.41, 5.74) is 7.87. The van der Waals surface area contributed by atoms with Gasteiger partial charge < -0.3 is 16.0 Å². The molecule has 1 aliphatic carbocycles. The van der Waals surface area contributed by atoms with Gasteiger partial charge in [-0.25, -0.2) is 0 Å². The fourth-order valence-corrected chi connectivity index (χ4v) is 2.26. The molecular weight excluding hydrogens is 262 g/mol. The van der Waals surface area contributed by atoms with Gasteiger partial charge in [0, 0.05) is 24.3 Å². The van der Waals surface area contributed by atoms with Gasteiger partial charge in [-0.2, -0.15) is 0 Å². The zero-order valence-corrected chi connectivity index (χ0v) is 13.3. The molecule has 0 aliphatic heterocycles. The third kappa shape index (κ3) is 4.46. The van der Waals surface area contributed by atoms with Crippen LogP contribution in [0.2, 0.25) is 0 Å². The Labute approximate surface area is 127 Å². The minimum atomic E-state index is 0.103. The SMILES string of the molecule is CC(C)C(C)NC(=O)CN(c1ccc(CN)cc1)C1CC1. The maximum atomic E-state index is 12.2. The predicted molar refractivity (Wildman–Crippen MR) is 87.1 cm³/mol. The number of hydrogen-bond donors (Lipinski definition) is 2. The first-order valence-corrected chi connectivity index (χ1v) is 7.86. The van der Waals surface area contributed by atoms with Gasteiger partial charge in [0.15, 0.2) is 0 Å². The molecule has 0 saturated heterocycles. The van der Waals surface area contributed by atoms with Gasteiger partial charge in [-0.3, -0.25) is 4.79 Å². The van der Waals surface area contributed by atoms with E-state index in [0.717, 1.165) is 11.3 Å². The fourth-order valence-electron chi connectivity index (χ4n) is 2.26. The van der Waals surface area contributed by atoms with Crippen LogP contribution >= 0.6 is 0 Å². The van der Waals surface area contributed by atoms with E-state index >= 15 is 0 Å². The van der Waals surface area contributed by atoms with Crippen molar-refractivity contribution in [1.29, 1.82) is 0 Å². The highest BCUT2D eigenvalue weighted by molar-refractivity contribution is 5.82. The second kappa shape index (κ2) is 6.94. The topological polar surface area (TPSA) is 58.4 Å². The highest BCUT2D eigenvalue weighted by Crippen LogP contribution is 2.31. The molecule has 0 aromatic heterocycles. The van der Waals surface area contributed by atoms with Crippen LogP contribution in [0.1, 0.15) is 39.2 Å². The Morgan fingerprint density at radius 2 is 1.90 bits per heavy atom. The lowest BCUT2D eigenvalue weighted by molar-refractivity contribution is -0.120. The van der Waals surface area contributed by atoms with Gasteiger partial charge in [-0.1, -0.05) is 26.0 Å². The van der Waals surface area contributed by atoms with Gasteiger partial charge in [-0.15, -0.1) is 0 Å². The van der Waals surface area contributed by atoms with Crippen LogP contribution in [0.4, 0.5) is 5.69 Å².